The van der Waals surface area contributed by atoms with E-state index < -0.39 is 5.97 Å². The van der Waals surface area contributed by atoms with Gasteiger partial charge in [0.1, 0.15) is 0 Å². The normalized spacial score (nSPS) is 10.9. The highest BCUT2D eigenvalue weighted by Crippen LogP contribution is 2.28. The molecule has 0 aliphatic rings. The van der Waals surface area contributed by atoms with Gasteiger partial charge in [0.05, 0.1) is 28.3 Å². The van der Waals surface area contributed by atoms with E-state index in [2.05, 4.69) is 11.9 Å². The monoisotopic (exact) mass is 413 g/mol. The van der Waals surface area contributed by atoms with Gasteiger partial charge in [-0.05, 0) is 49.2 Å². The summed E-state index contributed by atoms with van der Waals surface area (Å²) < 4.78 is 3.49. The first-order valence-electron chi connectivity index (χ1n) is 10.3. The van der Waals surface area contributed by atoms with Crippen molar-refractivity contribution in [1.29, 1.82) is 0 Å². The Balaban J connectivity index is 2.10. The molecule has 156 valence electrons. The molecule has 0 saturated carbocycles. The molecule has 1 N–H and O–H groups in total. The van der Waals surface area contributed by atoms with Crippen molar-refractivity contribution < 1.29 is 9.90 Å². The number of aromatic carboxylic acids is 1. The van der Waals surface area contributed by atoms with Gasteiger partial charge in [-0.1, -0.05) is 49.7 Å². The zero-order valence-corrected chi connectivity index (χ0v) is 17.2. The highest BCUT2D eigenvalue weighted by molar-refractivity contribution is 5.88. The van der Waals surface area contributed by atoms with Crippen LogP contribution in [0.3, 0.4) is 0 Å². The number of carboxylic acids is 1. The predicted molar refractivity (Wildman–Crippen MR) is 120 cm³/mol. The second kappa shape index (κ2) is 8.83. The number of hydrogen-bond donors (Lipinski definition) is 1. The molecule has 31 heavy (non-hydrogen) atoms. The van der Waals surface area contributed by atoms with Gasteiger partial charge in [0.25, 0.3) is 5.56 Å². The van der Waals surface area contributed by atoms with E-state index in [0.29, 0.717) is 23.4 Å². The third kappa shape index (κ3) is 3.92. The summed E-state index contributed by atoms with van der Waals surface area (Å²) in [7, 11) is 0. The molecular weight excluding hydrogens is 390 g/mol. The van der Waals surface area contributed by atoms with Gasteiger partial charge < -0.3 is 5.11 Å². The largest absolute Gasteiger partial charge is 0.478 e. The van der Waals surface area contributed by atoms with Crippen LogP contribution < -0.4 is 5.56 Å². The summed E-state index contributed by atoms with van der Waals surface area (Å²) in [5.74, 6) is -1.03. The van der Waals surface area contributed by atoms with Gasteiger partial charge in [-0.25, -0.2) is 14.2 Å². The van der Waals surface area contributed by atoms with Crippen LogP contribution in [0.2, 0.25) is 0 Å². The maximum absolute atomic E-state index is 13.7. The van der Waals surface area contributed by atoms with Crippen LogP contribution in [-0.4, -0.2) is 25.4 Å². The number of benzene rings is 2. The minimum Gasteiger partial charge on any atom is -0.478 e. The van der Waals surface area contributed by atoms with Gasteiger partial charge >= 0.3 is 5.97 Å². The summed E-state index contributed by atoms with van der Waals surface area (Å²) in [6, 6.07) is 22.0. The van der Waals surface area contributed by atoms with E-state index in [9.17, 15) is 14.7 Å². The van der Waals surface area contributed by atoms with Gasteiger partial charge in [-0.15, -0.1) is 0 Å². The maximum atomic E-state index is 13.7. The number of nitrogens with zero attached hydrogens (tertiary/aromatic N) is 3. The summed E-state index contributed by atoms with van der Waals surface area (Å²) in [5.41, 5.74) is 3.24. The Kier molecular flexibility index (Phi) is 5.80. The lowest BCUT2D eigenvalue weighted by molar-refractivity contribution is 0.0697. The van der Waals surface area contributed by atoms with E-state index in [1.54, 1.807) is 4.68 Å². The van der Waals surface area contributed by atoms with Gasteiger partial charge in [0.2, 0.25) is 0 Å². The third-order valence-corrected chi connectivity index (χ3v) is 5.18. The number of aromatic nitrogens is 3. The zero-order valence-electron chi connectivity index (χ0n) is 17.2. The average molecular weight is 413 g/mol. The van der Waals surface area contributed by atoms with E-state index in [1.165, 1.54) is 18.3 Å². The Hall–Kier alpha value is -3.93. The first-order valence-corrected chi connectivity index (χ1v) is 10.3. The minimum absolute atomic E-state index is 0.124. The predicted octanol–water partition coefficient (Wildman–Crippen LogP) is 4.73. The molecule has 2 aromatic carbocycles. The maximum Gasteiger partial charge on any atom is 0.335 e. The van der Waals surface area contributed by atoms with E-state index in [-0.39, 0.29) is 11.1 Å². The number of carboxylic acid groups (broad SMARTS) is 1. The summed E-state index contributed by atoms with van der Waals surface area (Å²) in [6.45, 7) is 2.08. The fraction of sp³-hybridized carbons (Fsp3) is 0.160. The lowest BCUT2D eigenvalue weighted by Gasteiger charge is -2.15. The Morgan fingerprint density at radius 2 is 1.55 bits per heavy atom. The van der Waals surface area contributed by atoms with Crippen LogP contribution in [0.1, 0.15) is 35.7 Å². The van der Waals surface area contributed by atoms with Crippen LogP contribution in [0.5, 0.6) is 0 Å². The summed E-state index contributed by atoms with van der Waals surface area (Å²) in [6.07, 6.45) is 3.83. The molecule has 0 spiro atoms. The second-order valence-corrected chi connectivity index (χ2v) is 7.27. The van der Waals surface area contributed by atoms with Crippen LogP contribution in [0.25, 0.3) is 22.8 Å². The van der Waals surface area contributed by atoms with Crippen molar-refractivity contribution in [2.75, 3.05) is 0 Å². The summed E-state index contributed by atoms with van der Waals surface area (Å²) in [4.78, 5) is 29.7. The number of hydrogen-bond acceptors (Lipinski definition) is 3. The highest BCUT2D eigenvalue weighted by Gasteiger charge is 2.24. The molecule has 0 saturated heterocycles. The lowest BCUT2D eigenvalue weighted by atomic mass is 10.1. The van der Waals surface area contributed by atoms with Crippen LogP contribution in [0.4, 0.5) is 0 Å². The number of rotatable bonds is 7. The number of para-hydroxylation sites is 2. The lowest BCUT2D eigenvalue weighted by Crippen LogP contribution is -2.21. The second-order valence-electron chi connectivity index (χ2n) is 7.27. The summed E-state index contributed by atoms with van der Waals surface area (Å²) in [5, 5.41) is 9.49. The third-order valence-electron chi connectivity index (χ3n) is 5.18. The Morgan fingerprint density at radius 3 is 2.13 bits per heavy atom. The molecule has 0 atom stereocenters. The molecule has 6 heteroatoms. The molecule has 0 amide bonds. The first-order chi connectivity index (χ1) is 15.1. The van der Waals surface area contributed by atoms with Crippen molar-refractivity contribution in [3.05, 3.63) is 100 Å². The first kappa shape index (κ1) is 20.3. The van der Waals surface area contributed by atoms with Crippen molar-refractivity contribution in [1.82, 2.24) is 14.3 Å². The van der Waals surface area contributed by atoms with Crippen molar-refractivity contribution in [3.63, 3.8) is 0 Å². The zero-order chi connectivity index (χ0) is 21.8. The Labute approximate surface area is 180 Å². The van der Waals surface area contributed by atoms with Crippen molar-refractivity contribution >= 4 is 5.97 Å². The van der Waals surface area contributed by atoms with Crippen LogP contribution in [0.15, 0.2) is 83.8 Å². The molecule has 4 rings (SSSR count). The molecule has 0 aliphatic heterocycles. The Bertz CT molecular complexity index is 1260. The molecule has 0 aliphatic carbocycles. The van der Waals surface area contributed by atoms with Gasteiger partial charge in [0.15, 0.2) is 0 Å². The number of unbranched alkanes of at least 4 members (excludes halogenated alkanes) is 1. The van der Waals surface area contributed by atoms with Crippen molar-refractivity contribution in [2.24, 2.45) is 0 Å². The van der Waals surface area contributed by atoms with Crippen molar-refractivity contribution in [2.45, 2.75) is 26.2 Å². The van der Waals surface area contributed by atoms with E-state index in [4.69, 9.17) is 0 Å². The highest BCUT2D eigenvalue weighted by atomic mass is 16.4. The summed E-state index contributed by atoms with van der Waals surface area (Å²) >= 11 is 0. The van der Waals surface area contributed by atoms with E-state index >= 15 is 0 Å². The van der Waals surface area contributed by atoms with Gasteiger partial charge in [0, 0.05) is 11.8 Å². The number of carbonyl (C=O) groups is 1. The van der Waals surface area contributed by atoms with Crippen molar-refractivity contribution in [3.8, 4) is 22.8 Å². The Morgan fingerprint density at radius 1 is 0.935 bits per heavy atom. The van der Waals surface area contributed by atoms with Gasteiger partial charge in [-0.2, -0.15) is 0 Å². The smallest absolute Gasteiger partial charge is 0.335 e. The van der Waals surface area contributed by atoms with Crippen LogP contribution in [-0.2, 0) is 6.42 Å². The SMILES string of the molecule is CCCCc1c(-c2cc(C(=O)O)ccn2)n(-c2ccccc2)n(-c2ccccc2)c1=O. The molecule has 0 fully saturated rings. The number of pyridine rings is 1. The van der Waals surface area contributed by atoms with E-state index in [1.807, 2.05) is 65.3 Å². The fourth-order valence-electron chi connectivity index (χ4n) is 3.70. The molecule has 4 aromatic rings. The molecular formula is C25H23N3O3. The minimum atomic E-state index is -1.03. The molecule has 2 aromatic heterocycles. The standard InChI is InChI=1S/C25H23N3O3/c1-2-3-14-21-23(22-17-18(25(30)31)15-16-26-22)27(19-10-6-4-7-11-19)28(24(21)29)20-12-8-5-9-13-20/h4-13,15-17H,2-3,14H2,1H3,(H,30,31). The van der Waals surface area contributed by atoms with E-state index in [0.717, 1.165) is 24.2 Å². The quantitative estimate of drug-likeness (QED) is 0.475. The molecule has 2 heterocycles. The molecule has 6 nitrogen and oxygen atoms in total. The molecule has 0 radical (unpaired) electrons. The molecule has 0 unspecified atom stereocenters. The fourth-order valence-corrected chi connectivity index (χ4v) is 3.70. The molecule has 0 bridgehead atoms. The van der Waals surface area contributed by atoms with Crippen LogP contribution >= 0.6 is 0 Å². The van der Waals surface area contributed by atoms with Gasteiger partial charge in [-0.3, -0.25) is 9.78 Å². The topological polar surface area (TPSA) is 77.1 Å². The average Bonchev–Trinajstić information content (AvgIpc) is 3.11. The van der Waals surface area contributed by atoms with Crippen LogP contribution in [0, 0.1) is 0 Å².